The highest BCUT2D eigenvalue weighted by molar-refractivity contribution is 5.25. The van der Waals surface area contributed by atoms with Gasteiger partial charge in [0.25, 0.3) is 0 Å². The largest absolute Gasteiger partial charge is 0.416 e. The first kappa shape index (κ1) is 16.3. The first-order valence-corrected chi connectivity index (χ1v) is 7.59. The Morgan fingerprint density at radius 3 is 2.14 bits per heavy atom. The molecular formula is C17H24F3N. The van der Waals surface area contributed by atoms with Gasteiger partial charge in [-0.15, -0.1) is 0 Å². The van der Waals surface area contributed by atoms with Crippen LogP contribution in [-0.2, 0) is 12.6 Å². The maximum absolute atomic E-state index is 12.5. The van der Waals surface area contributed by atoms with Crippen molar-refractivity contribution in [1.82, 2.24) is 0 Å². The fourth-order valence-corrected chi connectivity index (χ4v) is 3.12. The number of nitrogens with two attached hydrogens (primary N) is 1. The molecule has 21 heavy (non-hydrogen) atoms. The molecule has 2 rings (SSSR count). The van der Waals surface area contributed by atoms with Gasteiger partial charge < -0.3 is 5.73 Å². The lowest BCUT2D eigenvalue weighted by atomic mass is 9.70. The van der Waals surface area contributed by atoms with Crippen LogP contribution < -0.4 is 5.73 Å². The molecular weight excluding hydrogens is 275 g/mol. The van der Waals surface area contributed by atoms with E-state index in [0.717, 1.165) is 30.5 Å². The van der Waals surface area contributed by atoms with Crippen LogP contribution in [0.5, 0.6) is 0 Å². The molecule has 4 heteroatoms. The molecule has 1 atom stereocenters. The average Bonchev–Trinajstić information content (AvgIpc) is 2.38. The van der Waals surface area contributed by atoms with Crippen molar-refractivity contribution in [1.29, 1.82) is 0 Å². The smallest absolute Gasteiger partial charge is 0.327 e. The predicted octanol–water partition coefficient (Wildman–Crippen LogP) is 4.79. The van der Waals surface area contributed by atoms with Crippen molar-refractivity contribution in [3.63, 3.8) is 0 Å². The van der Waals surface area contributed by atoms with E-state index in [9.17, 15) is 13.2 Å². The van der Waals surface area contributed by atoms with Gasteiger partial charge in [0.1, 0.15) is 0 Å². The minimum absolute atomic E-state index is 0.0397. The van der Waals surface area contributed by atoms with Gasteiger partial charge in [-0.05, 0) is 61.1 Å². The third-order valence-electron chi connectivity index (χ3n) is 4.74. The quantitative estimate of drug-likeness (QED) is 0.853. The fraction of sp³-hybridized carbons (Fsp3) is 0.647. The SMILES string of the molecule is CC1(C)CCC(C(N)Cc2ccc(C(F)(F)F)cc2)CC1. The van der Waals surface area contributed by atoms with E-state index in [1.807, 2.05) is 0 Å². The number of hydrogen-bond donors (Lipinski definition) is 1. The zero-order valence-corrected chi connectivity index (χ0v) is 12.7. The minimum Gasteiger partial charge on any atom is -0.327 e. The summed E-state index contributed by atoms with van der Waals surface area (Å²) in [4.78, 5) is 0. The third kappa shape index (κ3) is 4.47. The molecule has 0 radical (unpaired) electrons. The second-order valence-electron chi connectivity index (χ2n) is 7.06. The van der Waals surface area contributed by atoms with Gasteiger partial charge in [0.2, 0.25) is 0 Å². The van der Waals surface area contributed by atoms with Gasteiger partial charge in [-0.2, -0.15) is 13.2 Å². The van der Waals surface area contributed by atoms with Crippen LogP contribution in [-0.4, -0.2) is 6.04 Å². The average molecular weight is 299 g/mol. The van der Waals surface area contributed by atoms with Crippen LogP contribution in [0.2, 0.25) is 0 Å². The molecule has 0 heterocycles. The van der Waals surface area contributed by atoms with Crippen LogP contribution in [0.4, 0.5) is 13.2 Å². The third-order valence-corrected chi connectivity index (χ3v) is 4.74. The molecule has 1 nitrogen and oxygen atoms in total. The second-order valence-corrected chi connectivity index (χ2v) is 7.06. The fourth-order valence-electron chi connectivity index (χ4n) is 3.12. The Morgan fingerprint density at radius 2 is 1.67 bits per heavy atom. The zero-order valence-electron chi connectivity index (χ0n) is 12.7. The molecule has 0 saturated heterocycles. The molecule has 1 aliphatic carbocycles. The van der Waals surface area contributed by atoms with Gasteiger partial charge in [0.15, 0.2) is 0 Å². The summed E-state index contributed by atoms with van der Waals surface area (Å²) in [6, 6.07) is 5.43. The number of rotatable bonds is 3. The highest BCUT2D eigenvalue weighted by Crippen LogP contribution is 2.39. The lowest BCUT2D eigenvalue weighted by Crippen LogP contribution is -2.36. The summed E-state index contributed by atoms with van der Waals surface area (Å²) in [6.07, 6.45) is 0.985. The minimum atomic E-state index is -4.27. The van der Waals surface area contributed by atoms with Gasteiger partial charge in [-0.25, -0.2) is 0 Å². The highest BCUT2D eigenvalue weighted by Gasteiger charge is 2.31. The van der Waals surface area contributed by atoms with Crippen LogP contribution in [0, 0.1) is 11.3 Å². The van der Waals surface area contributed by atoms with Gasteiger partial charge in [-0.3, -0.25) is 0 Å². The Morgan fingerprint density at radius 1 is 1.14 bits per heavy atom. The summed E-state index contributed by atoms with van der Waals surface area (Å²) >= 11 is 0. The van der Waals surface area contributed by atoms with Crippen molar-refractivity contribution in [2.45, 2.75) is 58.2 Å². The number of hydrogen-bond acceptors (Lipinski definition) is 1. The maximum Gasteiger partial charge on any atom is 0.416 e. The second kappa shape index (κ2) is 5.99. The van der Waals surface area contributed by atoms with E-state index in [-0.39, 0.29) is 6.04 Å². The summed E-state index contributed by atoms with van der Waals surface area (Å²) in [5.74, 6) is 0.486. The molecule has 0 bridgehead atoms. The van der Waals surface area contributed by atoms with Gasteiger partial charge in [-0.1, -0.05) is 26.0 Å². The zero-order chi connectivity index (χ0) is 15.7. The van der Waals surface area contributed by atoms with Crippen molar-refractivity contribution in [2.75, 3.05) is 0 Å². The standard InChI is InChI=1S/C17H24F3N/c1-16(2)9-7-13(8-10-16)15(21)11-12-3-5-14(6-4-12)17(18,19)20/h3-6,13,15H,7-11,21H2,1-2H3. The molecule has 1 aromatic rings. The van der Waals surface area contributed by atoms with Crippen LogP contribution in [0.1, 0.15) is 50.7 Å². The van der Waals surface area contributed by atoms with E-state index in [1.54, 1.807) is 12.1 Å². The van der Waals surface area contributed by atoms with Crippen molar-refractivity contribution >= 4 is 0 Å². The van der Waals surface area contributed by atoms with E-state index >= 15 is 0 Å². The van der Waals surface area contributed by atoms with Crippen LogP contribution in [0.25, 0.3) is 0 Å². The Labute approximate surface area is 124 Å². The van der Waals surface area contributed by atoms with Crippen molar-refractivity contribution in [2.24, 2.45) is 17.1 Å². The van der Waals surface area contributed by atoms with Crippen molar-refractivity contribution in [3.8, 4) is 0 Å². The predicted molar refractivity (Wildman–Crippen MR) is 78.9 cm³/mol. The lowest BCUT2D eigenvalue weighted by Gasteiger charge is -2.37. The normalized spacial score (nSPS) is 21.2. The van der Waals surface area contributed by atoms with Crippen molar-refractivity contribution in [3.05, 3.63) is 35.4 Å². The summed E-state index contributed by atoms with van der Waals surface area (Å²) < 4.78 is 37.6. The molecule has 1 fully saturated rings. The summed E-state index contributed by atoms with van der Waals surface area (Å²) in [7, 11) is 0. The molecule has 1 unspecified atom stereocenters. The van der Waals surface area contributed by atoms with Gasteiger partial charge in [0.05, 0.1) is 5.56 Å². The monoisotopic (exact) mass is 299 g/mol. The molecule has 0 amide bonds. The number of halogens is 3. The highest BCUT2D eigenvalue weighted by atomic mass is 19.4. The Balaban J connectivity index is 1.92. The maximum atomic E-state index is 12.5. The van der Waals surface area contributed by atoms with Crippen LogP contribution >= 0.6 is 0 Å². The molecule has 1 saturated carbocycles. The molecule has 0 aromatic heterocycles. The molecule has 0 spiro atoms. The first-order valence-electron chi connectivity index (χ1n) is 7.59. The Kier molecular flexibility index (Phi) is 4.66. The van der Waals surface area contributed by atoms with E-state index < -0.39 is 11.7 Å². The van der Waals surface area contributed by atoms with Crippen LogP contribution in [0.15, 0.2) is 24.3 Å². The molecule has 2 N–H and O–H groups in total. The topological polar surface area (TPSA) is 26.0 Å². The van der Waals surface area contributed by atoms with Crippen LogP contribution in [0.3, 0.4) is 0 Å². The van der Waals surface area contributed by atoms with E-state index in [2.05, 4.69) is 13.8 Å². The summed E-state index contributed by atoms with van der Waals surface area (Å²) in [5.41, 5.74) is 6.97. The molecule has 118 valence electrons. The summed E-state index contributed by atoms with van der Waals surface area (Å²) in [5, 5.41) is 0. The van der Waals surface area contributed by atoms with E-state index in [4.69, 9.17) is 5.73 Å². The number of alkyl halides is 3. The van der Waals surface area contributed by atoms with E-state index in [0.29, 0.717) is 17.8 Å². The van der Waals surface area contributed by atoms with Gasteiger partial charge >= 0.3 is 6.18 Å². The Bertz CT molecular complexity index is 452. The van der Waals surface area contributed by atoms with E-state index in [1.165, 1.54) is 12.8 Å². The molecule has 0 aliphatic heterocycles. The molecule has 1 aliphatic rings. The van der Waals surface area contributed by atoms with Crippen molar-refractivity contribution < 1.29 is 13.2 Å². The first-order chi connectivity index (χ1) is 9.67. The number of benzene rings is 1. The Hall–Kier alpha value is -1.03. The molecule has 1 aromatic carbocycles. The summed E-state index contributed by atoms with van der Waals surface area (Å²) in [6.45, 7) is 4.56. The van der Waals surface area contributed by atoms with Gasteiger partial charge in [0, 0.05) is 6.04 Å². The lowest BCUT2D eigenvalue weighted by molar-refractivity contribution is -0.137.